The molecule has 0 aromatic heterocycles. The maximum Gasteiger partial charge on any atom is 0.145 e. The van der Waals surface area contributed by atoms with Crippen LogP contribution < -0.4 is 10.1 Å². The van der Waals surface area contributed by atoms with Crippen LogP contribution in [0.5, 0.6) is 11.5 Å². The molecule has 112 valence electrons. The monoisotopic (exact) mass is 371 g/mol. The van der Waals surface area contributed by atoms with E-state index >= 15 is 0 Å². The average Bonchev–Trinajstić information content (AvgIpc) is 2.43. The smallest absolute Gasteiger partial charge is 0.145 e. The molecule has 1 atom stereocenters. The van der Waals surface area contributed by atoms with Crippen LogP contribution in [0.2, 0.25) is 5.02 Å². The van der Waals surface area contributed by atoms with Crippen molar-refractivity contribution >= 4 is 27.5 Å². The van der Waals surface area contributed by atoms with Crippen molar-refractivity contribution in [1.29, 1.82) is 0 Å². The van der Waals surface area contributed by atoms with Crippen LogP contribution >= 0.6 is 27.5 Å². The van der Waals surface area contributed by atoms with Gasteiger partial charge in [0.1, 0.15) is 17.3 Å². The summed E-state index contributed by atoms with van der Waals surface area (Å²) in [7, 11) is 0. The Labute approximate surface area is 137 Å². The fourth-order valence-corrected chi connectivity index (χ4v) is 2.83. The van der Waals surface area contributed by atoms with Gasteiger partial charge in [-0.1, -0.05) is 40.5 Å². The molecule has 0 fully saturated rings. The van der Waals surface area contributed by atoms with Gasteiger partial charge in [0.25, 0.3) is 0 Å². The third-order valence-electron chi connectivity index (χ3n) is 3.08. The second-order valence-electron chi connectivity index (χ2n) is 4.64. The van der Waals surface area contributed by atoms with Crippen molar-refractivity contribution in [2.75, 3.05) is 6.54 Å². The number of halogens is 3. The Balaban J connectivity index is 2.18. The SMILES string of the molecule is CCNC(C)c1ccc(Oc2ccc(Cl)c(F)c2)cc1Br. The molecule has 0 spiro atoms. The van der Waals surface area contributed by atoms with Gasteiger partial charge >= 0.3 is 0 Å². The van der Waals surface area contributed by atoms with E-state index in [1.54, 1.807) is 6.07 Å². The first-order chi connectivity index (χ1) is 10.0. The quantitative estimate of drug-likeness (QED) is 0.726. The molecule has 0 saturated carbocycles. The summed E-state index contributed by atoms with van der Waals surface area (Å²) in [6.45, 7) is 5.06. The van der Waals surface area contributed by atoms with E-state index in [1.807, 2.05) is 18.2 Å². The lowest BCUT2D eigenvalue weighted by Gasteiger charge is -2.15. The standard InChI is InChI=1S/C16H16BrClFNO/c1-3-20-10(2)13-6-4-11(8-14(13)17)21-12-5-7-15(18)16(19)9-12/h4-10,20H,3H2,1-2H3. The van der Waals surface area contributed by atoms with Gasteiger partial charge in [-0.05, 0) is 43.3 Å². The Morgan fingerprint density at radius 3 is 2.52 bits per heavy atom. The van der Waals surface area contributed by atoms with Gasteiger partial charge in [-0.25, -0.2) is 4.39 Å². The van der Waals surface area contributed by atoms with Gasteiger partial charge in [0, 0.05) is 16.6 Å². The zero-order valence-corrected chi connectivity index (χ0v) is 14.1. The lowest BCUT2D eigenvalue weighted by molar-refractivity contribution is 0.475. The lowest BCUT2D eigenvalue weighted by atomic mass is 10.1. The molecule has 0 aliphatic carbocycles. The van der Waals surface area contributed by atoms with Crippen molar-refractivity contribution in [3.63, 3.8) is 0 Å². The van der Waals surface area contributed by atoms with Gasteiger partial charge in [0.2, 0.25) is 0 Å². The minimum absolute atomic E-state index is 0.0818. The third-order valence-corrected chi connectivity index (χ3v) is 4.07. The van der Waals surface area contributed by atoms with Crippen LogP contribution in [0.1, 0.15) is 25.5 Å². The van der Waals surface area contributed by atoms with Gasteiger partial charge in [0.15, 0.2) is 0 Å². The second kappa shape index (κ2) is 7.25. The molecule has 21 heavy (non-hydrogen) atoms. The summed E-state index contributed by atoms with van der Waals surface area (Å²) in [5, 5.41) is 3.43. The van der Waals surface area contributed by atoms with Gasteiger partial charge in [-0.2, -0.15) is 0 Å². The van der Waals surface area contributed by atoms with Crippen LogP contribution in [-0.4, -0.2) is 6.54 Å². The molecular weight excluding hydrogens is 357 g/mol. The summed E-state index contributed by atoms with van der Waals surface area (Å²) in [6, 6.07) is 10.3. The van der Waals surface area contributed by atoms with Crippen LogP contribution in [0.15, 0.2) is 40.9 Å². The maximum atomic E-state index is 13.4. The zero-order chi connectivity index (χ0) is 15.4. The molecule has 1 unspecified atom stereocenters. The first kappa shape index (κ1) is 16.3. The fraction of sp³-hybridized carbons (Fsp3) is 0.250. The van der Waals surface area contributed by atoms with Gasteiger partial charge in [-0.15, -0.1) is 0 Å². The molecule has 0 saturated heterocycles. The number of hydrogen-bond donors (Lipinski definition) is 1. The van der Waals surface area contributed by atoms with Crippen molar-refractivity contribution in [2.24, 2.45) is 0 Å². The molecule has 5 heteroatoms. The summed E-state index contributed by atoms with van der Waals surface area (Å²) in [4.78, 5) is 0. The highest BCUT2D eigenvalue weighted by Crippen LogP contribution is 2.31. The summed E-state index contributed by atoms with van der Waals surface area (Å²) in [5.74, 6) is 0.554. The van der Waals surface area contributed by atoms with E-state index in [4.69, 9.17) is 16.3 Å². The Hall–Kier alpha value is -1.10. The van der Waals surface area contributed by atoms with Crippen LogP contribution in [0.3, 0.4) is 0 Å². The zero-order valence-electron chi connectivity index (χ0n) is 11.8. The van der Waals surface area contributed by atoms with Crippen molar-refractivity contribution in [2.45, 2.75) is 19.9 Å². The van der Waals surface area contributed by atoms with E-state index in [2.05, 4.69) is 35.1 Å². The molecule has 2 aromatic rings. The highest BCUT2D eigenvalue weighted by Gasteiger charge is 2.10. The average molecular weight is 373 g/mol. The molecule has 0 aliphatic heterocycles. The molecule has 2 rings (SSSR count). The highest BCUT2D eigenvalue weighted by molar-refractivity contribution is 9.10. The molecule has 0 radical (unpaired) electrons. The Morgan fingerprint density at radius 2 is 1.90 bits per heavy atom. The minimum Gasteiger partial charge on any atom is -0.457 e. The third kappa shape index (κ3) is 4.19. The summed E-state index contributed by atoms with van der Waals surface area (Å²) in [6.07, 6.45) is 0. The molecule has 2 nitrogen and oxygen atoms in total. The topological polar surface area (TPSA) is 21.3 Å². The van der Waals surface area contributed by atoms with E-state index in [1.165, 1.54) is 12.1 Å². The summed E-state index contributed by atoms with van der Waals surface area (Å²) in [5.41, 5.74) is 1.14. The van der Waals surface area contributed by atoms with Crippen molar-refractivity contribution in [3.05, 3.63) is 57.3 Å². The predicted octanol–water partition coefficient (Wildman–Crippen LogP) is 5.70. The van der Waals surface area contributed by atoms with Crippen LogP contribution in [0.4, 0.5) is 4.39 Å². The van der Waals surface area contributed by atoms with Crippen molar-refractivity contribution < 1.29 is 9.13 Å². The van der Waals surface area contributed by atoms with Gasteiger partial charge in [-0.3, -0.25) is 0 Å². The summed E-state index contributed by atoms with van der Waals surface area (Å²) >= 11 is 9.19. The van der Waals surface area contributed by atoms with Crippen LogP contribution in [0.25, 0.3) is 0 Å². The van der Waals surface area contributed by atoms with E-state index < -0.39 is 5.82 Å². The number of nitrogens with one attached hydrogen (secondary N) is 1. The first-order valence-corrected chi connectivity index (χ1v) is 7.84. The fourth-order valence-electron chi connectivity index (χ4n) is 2.02. The normalized spacial score (nSPS) is 12.2. The molecule has 2 aromatic carbocycles. The largest absolute Gasteiger partial charge is 0.457 e. The number of benzene rings is 2. The maximum absolute atomic E-state index is 13.4. The molecule has 0 heterocycles. The molecular formula is C16H16BrClFNO. The van der Waals surface area contributed by atoms with Crippen LogP contribution in [-0.2, 0) is 0 Å². The van der Waals surface area contributed by atoms with Crippen molar-refractivity contribution in [3.8, 4) is 11.5 Å². The second-order valence-corrected chi connectivity index (χ2v) is 5.90. The predicted molar refractivity (Wildman–Crippen MR) is 87.7 cm³/mol. The van der Waals surface area contributed by atoms with E-state index in [-0.39, 0.29) is 11.1 Å². The molecule has 0 amide bonds. The highest BCUT2D eigenvalue weighted by atomic mass is 79.9. The number of ether oxygens (including phenoxy) is 1. The summed E-state index contributed by atoms with van der Waals surface area (Å²) < 4.78 is 20.0. The molecule has 1 N–H and O–H groups in total. The minimum atomic E-state index is -0.495. The number of hydrogen-bond acceptors (Lipinski definition) is 2. The van der Waals surface area contributed by atoms with E-state index in [9.17, 15) is 4.39 Å². The molecule has 0 bridgehead atoms. The Morgan fingerprint density at radius 1 is 1.24 bits per heavy atom. The van der Waals surface area contributed by atoms with Crippen molar-refractivity contribution in [1.82, 2.24) is 5.32 Å². The Kier molecular flexibility index (Phi) is 5.62. The van der Waals surface area contributed by atoms with E-state index in [0.29, 0.717) is 11.5 Å². The lowest BCUT2D eigenvalue weighted by Crippen LogP contribution is -2.17. The number of rotatable bonds is 5. The first-order valence-electron chi connectivity index (χ1n) is 6.67. The van der Waals surface area contributed by atoms with Gasteiger partial charge in [0.05, 0.1) is 5.02 Å². The van der Waals surface area contributed by atoms with Gasteiger partial charge < -0.3 is 10.1 Å². The van der Waals surface area contributed by atoms with Crippen LogP contribution in [0, 0.1) is 5.82 Å². The van der Waals surface area contributed by atoms with E-state index in [0.717, 1.165) is 16.6 Å². The Bertz CT molecular complexity index is 636. The molecule has 0 aliphatic rings.